The Bertz CT molecular complexity index is 1040. The number of ether oxygens (including phenoxy) is 2. The van der Waals surface area contributed by atoms with E-state index in [1.807, 2.05) is 12.3 Å². The van der Waals surface area contributed by atoms with Gasteiger partial charge in [0.1, 0.15) is 5.75 Å². The van der Waals surface area contributed by atoms with Crippen molar-refractivity contribution in [1.82, 2.24) is 15.2 Å². The van der Waals surface area contributed by atoms with E-state index in [0.717, 1.165) is 24.4 Å². The monoisotopic (exact) mass is 435 g/mol. The molecule has 0 bridgehead atoms. The maximum atomic E-state index is 12.7. The Morgan fingerprint density at radius 2 is 2.19 bits per heavy atom. The van der Waals surface area contributed by atoms with Gasteiger partial charge in [-0.3, -0.25) is 4.79 Å². The summed E-state index contributed by atoms with van der Waals surface area (Å²) in [5.74, 6) is -1.85. The molecule has 1 saturated heterocycles. The zero-order valence-corrected chi connectivity index (χ0v) is 16.1. The van der Waals surface area contributed by atoms with Gasteiger partial charge in [-0.2, -0.15) is 10.5 Å². The number of amides is 1. The van der Waals surface area contributed by atoms with Gasteiger partial charge >= 0.3 is 12.3 Å². The smallest absolute Gasteiger partial charge is 0.432 e. The van der Waals surface area contributed by atoms with Crippen molar-refractivity contribution in [2.75, 3.05) is 20.3 Å². The topological polar surface area (TPSA) is 124 Å². The predicted octanol–water partition coefficient (Wildman–Crippen LogP) is 2.41. The van der Waals surface area contributed by atoms with Gasteiger partial charge in [0.15, 0.2) is 12.0 Å². The Balaban J connectivity index is 1.78. The molecule has 2 aromatic rings. The average molecular weight is 435 g/mol. The molecule has 0 spiro atoms. The van der Waals surface area contributed by atoms with Gasteiger partial charge in [-0.25, -0.2) is 4.98 Å². The minimum Gasteiger partial charge on any atom is -0.432 e. The Labute approximate surface area is 174 Å². The van der Waals surface area contributed by atoms with E-state index in [9.17, 15) is 23.2 Å². The van der Waals surface area contributed by atoms with E-state index in [1.54, 1.807) is 0 Å². The van der Waals surface area contributed by atoms with Gasteiger partial charge in [-0.15, -0.1) is 13.2 Å². The molecule has 1 aliphatic rings. The Morgan fingerprint density at radius 1 is 1.42 bits per heavy atom. The number of halogens is 3. The molecule has 1 N–H and O–H groups in total. The number of nitriles is 2. The van der Waals surface area contributed by atoms with Crippen LogP contribution in [-0.4, -0.2) is 54.5 Å². The number of likely N-dealkylation sites (tertiary alicyclic amines) is 1. The molecule has 0 radical (unpaired) electrons. The Hall–Kier alpha value is -3.77. The molecule has 162 valence electrons. The summed E-state index contributed by atoms with van der Waals surface area (Å²) < 4.78 is 52.5. The van der Waals surface area contributed by atoms with E-state index in [2.05, 4.69) is 15.0 Å². The lowest BCUT2D eigenvalue weighted by atomic mass is 10.1. The van der Waals surface area contributed by atoms with Crippen LogP contribution in [-0.2, 0) is 4.74 Å². The highest BCUT2D eigenvalue weighted by Crippen LogP contribution is 2.35. The van der Waals surface area contributed by atoms with E-state index >= 15 is 0 Å². The molecule has 12 heteroatoms. The zero-order valence-electron chi connectivity index (χ0n) is 16.1. The summed E-state index contributed by atoms with van der Waals surface area (Å²) in [5.41, 5.74) is -0.113. The number of hydrogen-bond donors (Lipinski definition) is 1. The molecule has 0 aliphatic carbocycles. The number of benzene rings is 1. The number of methoxy groups -OCH3 is 1. The molecule has 0 unspecified atom stereocenters. The summed E-state index contributed by atoms with van der Waals surface area (Å²) >= 11 is 0. The summed E-state index contributed by atoms with van der Waals surface area (Å²) in [5, 5.41) is 20.9. The summed E-state index contributed by atoms with van der Waals surface area (Å²) in [7, 11) is 1.51. The number of carbonyl (C=O) groups is 1. The number of hydrogen-bond acceptors (Lipinski definition) is 8. The third kappa shape index (κ3) is 5.24. The van der Waals surface area contributed by atoms with Crippen molar-refractivity contribution in [3.8, 4) is 29.3 Å². The highest BCUT2D eigenvalue weighted by atomic mass is 19.4. The number of oxazole rings is 1. The first kappa shape index (κ1) is 21.9. The average Bonchev–Trinajstić information content (AvgIpc) is 3.34. The largest absolute Gasteiger partial charge is 0.573 e. The van der Waals surface area contributed by atoms with Crippen LogP contribution in [0, 0.1) is 22.8 Å². The van der Waals surface area contributed by atoms with Gasteiger partial charge in [-0.1, -0.05) is 0 Å². The first-order valence-corrected chi connectivity index (χ1v) is 8.96. The first-order chi connectivity index (χ1) is 14.7. The molecule has 2 heterocycles. The van der Waals surface area contributed by atoms with Gasteiger partial charge in [0.25, 0.3) is 5.89 Å². The lowest BCUT2D eigenvalue weighted by Gasteiger charge is -2.15. The van der Waals surface area contributed by atoms with Crippen LogP contribution in [0.2, 0.25) is 0 Å². The lowest BCUT2D eigenvalue weighted by Crippen LogP contribution is -2.36. The molecule has 0 saturated carbocycles. The van der Waals surface area contributed by atoms with Gasteiger partial charge in [0, 0.05) is 19.7 Å². The minimum absolute atomic E-state index is 0.0682. The molecular formula is C19H16F3N5O4. The normalized spacial score (nSPS) is 18.3. The first-order valence-electron chi connectivity index (χ1n) is 8.96. The number of alkyl halides is 3. The van der Waals surface area contributed by atoms with Gasteiger partial charge in [-0.05, 0) is 24.6 Å². The molecule has 31 heavy (non-hydrogen) atoms. The summed E-state index contributed by atoms with van der Waals surface area (Å²) in [6.07, 6.45) is -1.39. The van der Waals surface area contributed by atoms with Crippen LogP contribution in [0.4, 0.5) is 13.2 Å². The van der Waals surface area contributed by atoms with Crippen LogP contribution < -0.4 is 10.1 Å². The fourth-order valence-corrected chi connectivity index (χ4v) is 3.25. The lowest BCUT2D eigenvalue weighted by molar-refractivity contribution is -0.274. The second-order valence-corrected chi connectivity index (χ2v) is 6.67. The highest BCUT2D eigenvalue weighted by Gasteiger charge is 2.34. The van der Waals surface area contributed by atoms with Crippen LogP contribution >= 0.6 is 0 Å². The molecule has 1 aliphatic heterocycles. The van der Waals surface area contributed by atoms with Crippen LogP contribution in [0.3, 0.4) is 0 Å². The van der Waals surface area contributed by atoms with Gasteiger partial charge in [0.2, 0.25) is 0 Å². The molecule has 1 aromatic carbocycles. The van der Waals surface area contributed by atoms with Crippen LogP contribution in [0.15, 0.2) is 28.8 Å². The fraction of sp³-hybridized carbons (Fsp3) is 0.368. The SMILES string of the molecule is COC[C@@H]1C[C@@H](NC(=O)c2ncc(-c3cc(C#N)ccc3OC(F)(F)F)o2)CN1C#N. The Morgan fingerprint density at radius 3 is 2.84 bits per heavy atom. The minimum atomic E-state index is -4.96. The van der Waals surface area contributed by atoms with Crippen molar-refractivity contribution in [3.05, 3.63) is 35.9 Å². The van der Waals surface area contributed by atoms with E-state index in [4.69, 9.17) is 14.4 Å². The number of carbonyl (C=O) groups excluding carboxylic acids is 1. The molecule has 1 aromatic heterocycles. The molecule has 1 amide bonds. The van der Waals surface area contributed by atoms with Crippen LogP contribution in [0.1, 0.15) is 22.7 Å². The molecule has 1 fully saturated rings. The summed E-state index contributed by atoms with van der Waals surface area (Å²) in [6, 6.07) is 4.54. The molecule has 3 rings (SSSR count). The van der Waals surface area contributed by atoms with E-state index < -0.39 is 18.0 Å². The van der Waals surface area contributed by atoms with Gasteiger partial charge in [0.05, 0.1) is 36.0 Å². The second kappa shape index (κ2) is 8.93. The number of nitrogens with zero attached hydrogens (tertiary/aromatic N) is 4. The molecular weight excluding hydrogens is 419 g/mol. The quantitative estimate of drug-likeness (QED) is 0.686. The summed E-state index contributed by atoms with van der Waals surface area (Å²) in [6.45, 7) is 0.595. The summed E-state index contributed by atoms with van der Waals surface area (Å²) in [4.78, 5) is 17.8. The van der Waals surface area contributed by atoms with Crippen molar-refractivity contribution in [1.29, 1.82) is 10.5 Å². The van der Waals surface area contributed by atoms with E-state index in [1.165, 1.54) is 12.0 Å². The maximum absolute atomic E-state index is 12.7. The van der Waals surface area contributed by atoms with Crippen molar-refractivity contribution >= 4 is 5.91 Å². The van der Waals surface area contributed by atoms with Crippen LogP contribution in [0.5, 0.6) is 5.75 Å². The van der Waals surface area contributed by atoms with E-state index in [-0.39, 0.29) is 41.4 Å². The predicted molar refractivity (Wildman–Crippen MR) is 97.2 cm³/mol. The Kier molecular flexibility index (Phi) is 6.32. The zero-order chi connectivity index (χ0) is 22.6. The van der Waals surface area contributed by atoms with Crippen molar-refractivity contribution in [2.45, 2.75) is 24.9 Å². The van der Waals surface area contributed by atoms with Gasteiger partial charge < -0.3 is 24.1 Å². The van der Waals surface area contributed by atoms with Crippen molar-refractivity contribution in [2.24, 2.45) is 0 Å². The van der Waals surface area contributed by atoms with E-state index in [0.29, 0.717) is 13.0 Å². The van der Waals surface area contributed by atoms with Crippen molar-refractivity contribution < 1.29 is 31.9 Å². The van der Waals surface area contributed by atoms with Crippen LogP contribution in [0.25, 0.3) is 11.3 Å². The maximum Gasteiger partial charge on any atom is 0.573 e. The number of rotatable bonds is 6. The third-order valence-electron chi connectivity index (χ3n) is 4.54. The number of nitrogens with one attached hydrogen (secondary N) is 1. The standard InChI is InChI=1S/C19H16F3N5O4/c1-29-9-13-5-12(8-27(13)10-24)26-17(28)18-25-7-16(30-18)14-4-11(6-23)2-3-15(14)31-19(20,21)22/h2-4,7,12-13H,5,8-9H2,1H3,(H,26,28)/t12-,13+/m1/s1. The third-order valence-corrected chi connectivity index (χ3v) is 4.54. The molecule has 2 atom stereocenters. The second-order valence-electron chi connectivity index (χ2n) is 6.67. The highest BCUT2D eigenvalue weighted by molar-refractivity contribution is 5.90. The number of aromatic nitrogens is 1. The van der Waals surface area contributed by atoms with Crippen molar-refractivity contribution in [3.63, 3.8) is 0 Å². The molecule has 9 nitrogen and oxygen atoms in total. The fourth-order valence-electron chi connectivity index (χ4n) is 3.25.